The predicted octanol–water partition coefficient (Wildman–Crippen LogP) is 10.5. The van der Waals surface area contributed by atoms with Gasteiger partial charge in [-0.15, -0.1) is 0 Å². The summed E-state index contributed by atoms with van der Waals surface area (Å²) in [6.07, 6.45) is -1.47. The zero-order valence-electron chi connectivity index (χ0n) is 29.9. The Hall–Kier alpha value is -4.68. The fraction of sp³-hybridized carbons (Fsp3) is 0.268. The summed E-state index contributed by atoms with van der Waals surface area (Å²) in [6.45, 7) is 14.3. The fourth-order valence-corrected chi connectivity index (χ4v) is 5.98. The Labute approximate surface area is 265 Å². The number of furan rings is 1. The Morgan fingerprint density at radius 1 is 0.795 bits per heavy atom. The molecule has 0 atom stereocenters. The van der Waals surface area contributed by atoms with Crippen molar-refractivity contribution in [2.45, 2.75) is 60.3 Å². The van der Waals surface area contributed by atoms with Crippen LogP contribution in [-0.4, -0.2) is 0 Å². The summed E-state index contributed by atoms with van der Waals surface area (Å²) < 4.78 is 35.3. The minimum atomic E-state index is -1.67. The lowest BCUT2D eigenvalue weighted by molar-refractivity contribution is -0.660. The number of nitriles is 1. The molecule has 0 amide bonds. The van der Waals surface area contributed by atoms with Gasteiger partial charge in [0, 0.05) is 31.2 Å². The van der Waals surface area contributed by atoms with Crippen molar-refractivity contribution in [3.63, 3.8) is 0 Å². The molecule has 4 aromatic carbocycles. The van der Waals surface area contributed by atoms with Crippen LogP contribution >= 0.6 is 0 Å². The van der Waals surface area contributed by atoms with Crippen LogP contribution in [0.1, 0.15) is 67.9 Å². The molecule has 0 saturated heterocycles. The first kappa shape index (κ1) is 25.8. The molecular weight excluding hydrogens is 536 g/mol. The average molecular weight is 581 g/mol. The van der Waals surface area contributed by atoms with E-state index in [1.54, 1.807) is 10.6 Å². The highest BCUT2D eigenvalue weighted by Crippen LogP contribution is 2.42. The number of nitrogens with zero attached hydrogens (tertiary/aromatic N) is 2. The Kier molecular flexibility index (Phi) is 6.33. The second kappa shape index (κ2) is 10.8. The van der Waals surface area contributed by atoms with Crippen molar-refractivity contribution < 1.29 is 13.1 Å². The van der Waals surface area contributed by atoms with Crippen LogP contribution in [0.25, 0.3) is 55.4 Å². The van der Waals surface area contributed by atoms with Crippen LogP contribution in [0.3, 0.4) is 0 Å². The first-order valence-electron chi connectivity index (χ1n) is 16.6. The lowest BCUT2D eigenvalue weighted by Gasteiger charge is -2.19. The maximum absolute atomic E-state index is 10.3. The molecule has 6 aromatic rings. The van der Waals surface area contributed by atoms with Gasteiger partial charge in [0.2, 0.25) is 5.69 Å². The van der Waals surface area contributed by atoms with E-state index in [4.69, 9.17) is 8.53 Å². The molecule has 0 aliphatic heterocycles. The normalized spacial score (nSPS) is 13.5. The van der Waals surface area contributed by atoms with E-state index in [9.17, 15) is 5.26 Å². The minimum absolute atomic E-state index is 0.0644. The predicted molar refractivity (Wildman–Crippen MR) is 183 cm³/mol. The zero-order chi connectivity index (χ0) is 34.1. The monoisotopic (exact) mass is 580 g/mol. The van der Waals surface area contributed by atoms with E-state index < -0.39 is 11.8 Å². The Morgan fingerprint density at radius 2 is 1.45 bits per heavy atom. The van der Waals surface area contributed by atoms with Gasteiger partial charge in [0.1, 0.15) is 19.6 Å². The summed E-state index contributed by atoms with van der Waals surface area (Å²) in [5, 5.41) is 12.1. The van der Waals surface area contributed by atoms with Crippen LogP contribution in [0.15, 0.2) is 95.5 Å². The summed E-state index contributed by atoms with van der Waals surface area (Å²) >= 11 is 0. The maximum atomic E-state index is 10.3. The Balaban J connectivity index is 1.59. The van der Waals surface area contributed by atoms with E-state index in [1.807, 2.05) is 77.2 Å². The number of benzene rings is 4. The molecule has 0 fully saturated rings. The first-order chi connectivity index (χ1) is 22.0. The van der Waals surface area contributed by atoms with Gasteiger partial charge in [-0.1, -0.05) is 96.1 Å². The second-order valence-electron chi connectivity index (χ2n) is 13.8. The summed E-state index contributed by atoms with van der Waals surface area (Å²) in [5.41, 5.74) is 9.14. The van der Waals surface area contributed by atoms with Crippen LogP contribution in [0.5, 0.6) is 0 Å². The molecule has 3 heteroatoms. The highest BCUT2D eigenvalue weighted by atomic mass is 16.3. The van der Waals surface area contributed by atoms with Gasteiger partial charge >= 0.3 is 0 Å². The van der Waals surface area contributed by atoms with Gasteiger partial charge in [0.05, 0.1) is 17.2 Å². The Morgan fingerprint density at radius 3 is 2.11 bits per heavy atom. The second-order valence-corrected chi connectivity index (χ2v) is 13.8. The van der Waals surface area contributed by atoms with Crippen LogP contribution in [0, 0.1) is 23.7 Å². The molecule has 0 aliphatic rings. The van der Waals surface area contributed by atoms with Crippen LogP contribution in [0.4, 0.5) is 0 Å². The van der Waals surface area contributed by atoms with E-state index in [0.717, 1.165) is 44.2 Å². The molecule has 0 N–H and O–H groups in total. The van der Waals surface area contributed by atoms with E-state index in [0.29, 0.717) is 28.0 Å². The molecule has 2 aromatic heterocycles. The van der Waals surface area contributed by atoms with Crippen molar-refractivity contribution in [2.75, 3.05) is 0 Å². The molecule has 0 bridgehead atoms. The van der Waals surface area contributed by atoms with E-state index in [-0.39, 0.29) is 11.6 Å². The molecule has 0 unspecified atom stereocenters. The molecule has 0 aliphatic carbocycles. The topological polar surface area (TPSA) is 40.8 Å². The third-order valence-corrected chi connectivity index (χ3v) is 8.22. The lowest BCUT2D eigenvalue weighted by atomic mass is 9.86. The SMILES string of the molecule is [2H]c1cc(C([2H])([2H])C(C)(C)C)cc(-c2c(C)ccc3c2oc2c(-c4cccc(-c5ccc(C(C)(C)C)cc5)c4)c(C#N)ccc23)[n+]1C. The largest absolute Gasteiger partial charge is 0.454 e. The number of pyridine rings is 1. The molecule has 6 rings (SSSR count). The summed E-state index contributed by atoms with van der Waals surface area (Å²) in [6, 6.07) is 30.7. The van der Waals surface area contributed by atoms with Crippen molar-refractivity contribution in [1.29, 1.82) is 5.26 Å². The Bertz CT molecular complexity index is 2220. The smallest absolute Gasteiger partial charge is 0.216 e. The molecule has 0 radical (unpaired) electrons. The lowest BCUT2D eigenvalue weighted by Crippen LogP contribution is -2.31. The number of fused-ring (bicyclic) bond motifs is 3. The summed E-state index contributed by atoms with van der Waals surface area (Å²) in [5.74, 6) is 0. The van der Waals surface area contributed by atoms with E-state index in [2.05, 4.69) is 63.2 Å². The van der Waals surface area contributed by atoms with Crippen molar-refractivity contribution >= 4 is 21.9 Å². The molecular formula is C41H41N2O+. The van der Waals surface area contributed by atoms with Gasteiger partial charge < -0.3 is 4.42 Å². The third-order valence-electron chi connectivity index (χ3n) is 8.22. The van der Waals surface area contributed by atoms with Gasteiger partial charge in [-0.3, -0.25) is 0 Å². The van der Waals surface area contributed by atoms with Gasteiger partial charge in [0.25, 0.3) is 0 Å². The number of aryl methyl sites for hydroxylation is 1. The standard InChI is InChI=1S/C41H41N2O/c1-26-12-18-33-34-19-15-31(25-42)37(30-11-9-10-29(23-30)28-13-16-32(17-14-28)41(5,6)7)39(34)44-38(33)36(26)35-22-27(20-21-43(35)8)24-40(2,3)4/h9-23H,24H2,1-8H3/q+1/i21D,24D2. The molecule has 2 heterocycles. The third kappa shape index (κ3) is 5.42. The molecule has 44 heavy (non-hydrogen) atoms. The van der Waals surface area contributed by atoms with Crippen LogP contribution < -0.4 is 4.57 Å². The van der Waals surface area contributed by atoms with E-state index >= 15 is 0 Å². The zero-order valence-corrected chi connectivity index (χ0v) is 26.9. The number of rotatable bonds is 4. The molecule has 220 valence electrons. The van der Waals surface area contributed by atoms with Crippen LogP contribution in [-0.2, 0) is 18.8 Å². The quantitative estimate of drug-likeness (QED) is 0.195. The van der Waals surface area contributed by atoms with E-state index in [1.165, 1.54) is 5.56 Å². The highest BCUT2D eigenvalue weighted by molar-refractivity contribution is 6.14. The average Bonchev–Trinajstić information content (AvgIpc) is 3.39. The maximum Gasteiger partial charge on any atom is 0.216 e. The fourth-order valence-electron chi connectivity index (χ4n) is 5.98. The van der Waals surface area contributed by atoms with Gasteiger partial charge in [-0.2, -0.15) is 5.26 Å². The minimum Gasteiger partial charge on any atom is -0.454 e. The molecule has 3 nitrogen and oxygen atoms in total. The van der Waals surface area contributed by atoms with Crippen molar-refractivity contribution in [1.82, 2.24) is 0 Å². The van der Waals surface area contributed by atoms with Crippen LogP contribution in [0.2, 0.25) is 0 Å². The number of hydrogen-bond donors (Lipinski definition) is 0. The van der Waals surface area contributed by atoms with Gasteiger partial charge in [0.15, 0.2) is 6.17 Å². The summed E-state index contributed by atoms with van der Waals surface area (Å²) in [4.78, 5) is 0. The number of hydrogen-bond acceptors (Lipinski definition) is 2. The highest BCUT2D eigenvalue weighted by Gasteiger charge is 2.24. The van der Waals surface area contributed by atoms with Gasteiger partial charge in [-0.05, 0) is 75.7 Å². The molecule has 0 saturated carbocycles. The molecule has 0 spiro atoms. The summed E-state index contributed by atoms with van der Waals surface area (Å²) in [7, 11) is 1.83. The van der Waals surface area contributed by atoms with Crippen molar-refractivity contribution in [3.8, 4) is 39.6 Å². The number of aromatic nitrogens is 1. The van der Waals surface area contributed by atoms with Crippen molar-refractivity contribution in [3.05, 3.63) is 113 Å². The van der Waals surface area contributed by atoms with Crippen molar-refractivity contribution in [2.24, 2.45) is 12.5 Å². The first-order valence-corrected chi connectivity index (χ1v) is 15.1. The van der Waals surface area contributed by atoms with Gasteiger partial charge in [-0.25, -0.2) is 4.57 Å².